The van der Waals surface area contributed by atoms with Gasteiger partial charge in [-0.05, 0) is 37.4 Å². The van der Waals surface area contributed by atoms with Crippen LogP contribution in [-0.2, 0) is 11.2 Å². The molecule has 84 valence electrons. The number of likely N-dealkylation sites (N-methyl/N-ethyl adjacent to an activating group) is 1. The monoisotopic (exact) mass is 227 g/mol. The first-order valence-corrected chi connectivity index (χ1v) is 5.91. The van der Waals surface area contributed by atoms with Gasteiger partial charge in [0, 0.05) is 18.0 Å². The van der Waals surface area contributed by atoms with E-state index in [9.17, 15) is 4.79 Å². The van der Waals surface area contributed by atoms with Crippen LogP contribution in [0.4, 0.5) is 0 Å². The standard InChI is InChI=1S/C11H17NO2S/c1-9-5-8-15-10(9)3-6-12(2)7-4-11(13)14/h5,8H,3-4,6-7H2,1-2H3,(H,13,14). The molecule has 1 aromatic heterocycles. The van der Waals surface area contributed by atoms with E-state index in [1.165, 1.54) is 10.4 Å². The van der Waals surface area contributed by atoms with Crippen LogP contribution in [-0.4, -0.2) is 36.1 Å². The van der Waals surface area contributed by atoms with Crippen molar-refractivity contribution in [3.8, 4) is 0 Å². The lowest BCUT2D eigenvalue weighted by molar-refractivity contribution is -0.137. The maximum absolute atomic E-state index is 10.4. The van der Waals surface area contributed by atoms with Crippen LogP contribution in [0, 0.1) is 6.92 Å². The smallest absolute Gasteiger partial charge is 0.304 e. The molecule has 0 fully saturated rings. The van der Waals surface area contributed by atoms with Gasteiger partial charge < -0.3 is 10.0 Å². The molecule has 0 bridgehead atoms. The Morgan fingerprint density at radius 3 is 2.80 bits per heavy atom. The van der Waals surface area contributed by atoms with Gasteiger partial charge >= 0.3 is 5.97 Å². The topological polar surface area (TPSA) is 40.5 Å². The van der Waals surface area contributed by atoms with Gasteiger partial charge in [-0.2, -0.15) is 0 Å². The molecule has 1 heterocycles. The Morgan fingerprint density at radius 1 is 1.53 bits per heavy atom. The second-order valence-electron chi connectivity index (χ2n) is 3.72. The van der Waals surface area contributed by atoms with E-state index < -0.39 is 5.97 Å². The molecule has 0 unspecified atom stereocenters. The van der Waals surface area contributed by atoms with E-state index in [0.717, 1.165) is 13.0 Å². The zero-order valence-corrected chi connectivity index (χ0v) is 10.0. The molecule has 0 radical (unpaired) electrons. The number of carboxylic acids is 1. The van der Waals surface area contributed by atoms with Gasteiger partial charge in [-0.3, -0.25) is 4.79 Å². The maximum Gasteiger partial charge on any atom is 0.304 e. The van der Waals surface area contributed by atoms with Crippen LogP contribution in [0.1, 0.15) is 16.9 Å². The highest BCUT2D eigenvalue weighted by molar-refractivity contribution is 7.10. The predicted molar refractivity (Wildman–Crippen MR) is 62.5 cm³/mol. The number of aryl methyl sites for hydroxylation is 1. The number of hydrogen-bond donors (Lipinski definition) is 1. The molecule has 0 spiro atoms. The second kappa shape index (κ2) is 5.88. The quantitative estimate of drug-likeness (QED) is 0.808. The van der Waals surface area contributed by atoms with E-state index in [0.29, 0.717) is 6.54 Å². The highest BCUT2D eigenvalue weighted by atomic mass is 32.1. The van der Waals surface area contributed by atoms with E-state index in [2.05, 4.69) is 23.3 Å². The molecule has 15 heavy (non-hydrogen) atoms. The van der Waals surface area contributed by atoms with Crippen molar-refractivity contribution in [2.45, 2.75) is 19.8 Å². The number of carbonyl (C=O) groups is 1. The second-order valence-corrected chi connectivity index (χ2v) is 4.72. The molecule has 0 saturated heterocycles. The van der Waals surface area contributed by atoms with Crippen LogP contribution in [0.2, 0.25) is 0 Å². The predicted octanol–water partition coefficient (Wildman–Crippen LogP) is 2.01. The fourth-order valence-corrected chi connectivity index (χ4v) is 2.25. The SMILES string of the molecule is Cc1ccsc1CCN(C)CCC(=O)O. The van der Waals surface area contributed by atoms with Gasteiger partial charge in [0.15, 0.2) is 0 Å². The summed E-state index contributed by atoms with van der Waals surface area (Å²) in [6.07, 6.45) is 1.24. The lowest BCUT2D eigenvalue weighted by Gasteiger charge is -2.14. The molecule has 0 aliphatic carbocycles. The summed E-state index contributed by atoms with van der Waals surface area (Å²) < 4.78 is 0. The zero-order valence-electron chi connectivity index (χ0n) is 9.19. The fraction of sp³-hybridized carbons (Fsp3) is 0.545. The molecular formula is C11H17NO2S. The van der Waals surface area contributed by atoms with Crippen LogP contribution in [0.3, 0.4) is 0 Å². The van der Waals surface area contributed by atoms with Crippen molar-refractivity contribution in [2.24, 2.45) is 0 Å². The minimum Gasteiger partial charge on any atom is -0.481 e. The first kappa shape index (κ1) is 12.2. The zero-order chi connectivity index (χ0) is 11.3. The minimum absolute atomic E-state index is 0.222. The molecule has 1 rings (SSSR count). The van der Waals surface area contributed by atoms with Crippen molar-refractivity contribution in [3.63, 3.8) is 0 Å². The van der Waals surface area contributed by atoms with Crippen molar-refractivity contribution in [2.75, 3.05) is 20.1 Å². The number of hydrogen-bond acceptors (Lipinski definition) is 3. The molecule has 0 aromatic carbocycles. The highest BCUT2D eigenvalue weighted by Gasteiger charge is 2.04. The summed E-state index contributed by atoms with van der Waals surface area (Å²) in [6.45, 7) is 3.66. The molecule has 0 atom stereocenters. The Bertz CT molecular complexity index is 322. The lowest BCUT2D eigenvalue weighted by Crippen LogP contribution is -2.24. The summed E-state index contributed by atoms with van der Waals surface area (Å²) >= 11 is 1.77. The molecule has 1 N–H and O–H groups in total. The minimum atomic E-state index is -0.728. The van der Waals surface area contributed by atoms with Crippen molar-refractivity contribution in [1.82, 2.24) is 4.90 Å². The number of nitrogens with zero attached hydrogens (tertiary/aromatic N) is 1. The summed E-state index contributed by atoms with van der Waals surface area (Å²) in [5.41, 5.74) is 1.34. The van der Waals surface area contributed by atoms with E-state index in [-0.39, 0.29) is 6.42 Å². The summed E-state index contributed by atoms with van der Waals surface area (Å²) in [6, 6.07) is 2.12. The van der Waals surface area contributed by atoms with Crippen molar-refractivity contribution >= 4 is 17.3 Å². The van der Waals surface area contributed by atoms with Crippen LogP contribution < -0.4 is 0 Å². The molecule has 0 saturated carbocycles. The molecule has 3 nitrogen and oxygen atoms in total. The average molecular weight is 227 g/mol. The Balaban J connectivity index is 2.25. The van der Waals surface area contributed by atoms with Gasteiger partial charge in [0.2, 0.25) is 0 Å². The summed E-state index contributed by atoms with van der Waals surface area (Å²) in [5, 5.41) is 10.6. The van der Waals surface area contributed by atoms with Gasteiger partial charge in [-0.1, -0.05) is 0 Å². The van der Waals surface area contributed by atoms with Crippen molar-refractivity contribution < 1.29 is 9.90 Å². The van der Waals surface area contributed by atoms with Gasteiger partial charge in [0.05, 0.1) is 6.42 Å². The van der Waals surface area contributed by atoms with Crippen LogP contribution in [0.15, 0.2) is 11.4 Å². The van der Waals surface area contributed by atoms with Crippen molar-refractivity contribution in [3.05, 3.63) is 21.9 Å². The molecule has 0 aliphatic heterocycles. The Morgan fingerprint density at radius 2 is 2.27 bits per heavy atom. The largest absolute Gasteiger partial charge is 0.481 e. The summed E-state index contributed by atoms with van der Waals surface area (Å²) in [7, 11) is 1.96. The first-order valence-electron chi connectivity index (χ1n) is 5.03. The molecule has 0 aliphatic rings. The van der Waals surface area contributed by atoms with Crippen molar-refractivity contribution in [1.29, 1.82) is 0 Å². The third kappa shape index (κ3) is 4.44. The summed E-state index contributed by atoms with van der Waals surface area (Å²) in [4.78, 5) is 13.8. The molecule has 1 aromatic rings. The van der Waals surface area contributed by atoms with E-state index in [1.807, 2.05) is 7.05 Å². The fourth-order valence-electron chi connectivity index (χ4n) is 1.35. The Hall–Kier alpha value is -0.870. The van der Waals surface area contributed by atoms with Gasteiger partial charge in [0.1, 0.15) is 0 Å². The molecular weight excluding hydrogens is 210 g/mol. The van der Waals surface area contributed by atoms with Crippen LogP contribution in [0.25, 0.3) is 0 Å². The Labute approximate surface area is 94.3 Å². The van der Waals surface area contributed by atoms with E-state index in [4.69, 9.17) is 5.11 Å². The lowest BCUT2D eigenvalue weighted by atomic mass is 10.2. The number of carboxylic acid groups (broad SMARTS) is 1. The highest BCUT2D eigenvalue weighted by Crippen LogP contribution is 2.16. The first-order chi connectivity index (χ1) is 7.09. The number of rotatable bonds is 6. The summed E-state index contributed by atoms with van der Waals surface area (Å²) in [5.74, 6) is -0.728. The number of aliphatic carboxylic acids is 1. The van der Waals surface area contributed by atoms with Gasteiger partial charge in [-0.25, -0.2) is 0 Å². The van der Waals surface area contributed by atoms with Gasteiger partial charge in [-0.15, -0.1) is 11.3 Å². The maximum atomic E-state index is 10.4. The van der Waals surface area contributed by atoms with Gasteiger partial charge in [0.25, 0.3) is 0 Å². The van der Waals surface area contributed by atoms with E-state index in [1.54, 1.807) is 11.3 Å². The third-order valence-electron chi connectivity index (χ3n) is 2.40. The van der Waals surface area contributed by atoms with Crippen LogP contribution in [0.5, 0.6) is 0 Å². The Kier molecular flexibility index (Phi) is 4.78. The van der Waals surface area contributed by atoms with Crippen LogP contribution >= 0.6 is 11.3 Å². The van der Waals surface area contributed by atoms with E-state index >= 15 is 0 Å². The normalized spacial score (nSPS) is 10.9. The molecule has 4 heteroatoms. The third-order valence-corrected chi connectivity index (χ3v) is 3.48. The number of thiophene rings is 1. The average Bonchev–Trinajstić information content (AvgIpc) is 2.58. The molecule has 0 amide bonds.